The molecule has 6 heteroatoms. The molecule has 418 valence electrons. The molecule has 0 aliphatic rings. The number of aliphatic hydroxyl groups excluding tert-OH is 2. The maximum Gasteiger partial charge on any atom is 0.305 e. The van der Waals surface area contributed by atoms with Gasteiger partial charge in [-0.3, -0.25) is 9.59 Å². The standard InChI is InChI=1S/C65H123NO5/c1-3-5-7-9-11-13-15-17-19-29-33-37-41-45-49-53-57-63(68)62(61-67)66-64(69)58-54-50-46-42-38-34-30-27-25-23-21-22-24-26-28-32-36-40-44-48-52-56-60-71-65(70)59-55-51-47-43-39-35-31-20-18-16-14-12-10-8-6-4-2/h14,16,20,23,25,31,62-63,67-68H,3-13,15,17-19,21-22,24,26-30,32-61H2,1-2H3,(H,66,69)/b16-14-,25-23-,31-20-. The maximum absolute atomic E-state index is 12.5. The number of hydrogen-bond acceptors (Lipinski definition) is 5. The van der Waals surface area contributed by atoms with Gasteiger partial charge in [0.2, 0.25) is 5.91 Å². The van der Waals surface area contributed by atoms with Crippen molar-refractivity contribution in [1.29, 1.82) is 0 Å². The number of allylic oxidation sites excluding steroid dienone is 6. The maximum atomic E-state index is 12.5. The number of amides is 1. The molecule has 0 saturated heterocycles. The summed E-state index contributed by atoms with van der Waals surface area (Å²) in [6, 6.07) is -0.547. The van der Waals surface area contributed by atoms with E-state index in [0.717, 1.165) is 51.4 Å². The predicted octanol–water partition coefficient (Wildman–Crippen LogP) is 20.0. The molecule has 0 aromatic carbocycles. The molecular formula is C65H123NO5. The van der Waals surface area contributed by atoms with Gasteiger partial charge in [0, 0.05) is 12.8 Å². The van der Waals surface area contributed by atoms with Crippen molar-refractivity contribution in [2.75, 3.05) is 13.2 Å². The van der Waals surface area contributed by atoms with Gasteiger partial charge in [-0.15, -0.1) is 0 Å². The Morgan fingerprint density at radius 3 is 1.10 bits per heavy atom. The summed E-state index contributed by atoms with van der Waals surface area (Å²) in [5.41, 5.74) is 0. The van der Waals surface area contributed by atoms with E-state index in [2.05, 4.69) is 55.6 Å². The molecule has 6 nitrogen and oxygen atoms in total. The Morgan fingerprint density at radius 1 is 0.394 bits per heavy atom. The summed E-state index contributed by atoms with van der Waals surface area (Å²) in [6.07, 6.45) is 75.8. The molecule has 0 aliphatic carbocycles. The van der Waals surface area contributed by atoms with E-state index in [4.69, 9.17) is 4.74 Å². The van der Waals surface area contributed by atoms with Crippen LogP contribution in [0.1, 0.15) is 341 Å². The van der Waals surface area contributed by atoms with Crippen LogP contribution in [0.4, 0.5) is 0 Å². The van der Waals surface area contributed by atoms with Crippen LogP contribution < -0.4 is 5.32 Å². The minimum absolute atomic E-state index is 0.00332. The number of rotatable bonds is 59. The summed E-state index contributed by atoms with van der Waals surface area (Å²) >= 11 is 0. The fourth-order valence-corrected chi connectivity index (χ4v) is 9.78. The summed E-state index contributed by atoms with van der Waals surface area (Å²) in [5.74, 6) is -0.0437. The first-order valence-corrected chi connectivity index (χ1v) is 31.7. The molecule has 0 aromatic heterocycles. The molecule has 0 fully saturated rings. The second-order valence-electron chi connectivity index (χ2n) is 21.7. The van der Waals surface area contributed by atoms with Crippen molar-refractivity contribution < 1.29 is 24.5 Å². The van der Waals surface area contributed by atoms with Crippen LogP contribution in [0.25, 0.3) is 0 Å². The van der Waals surface area contributed by atoms with Crippen molar-refractivity contribution in [3.63, 3.8) is 0 Å². The molecular weight excluding hydrogens is 875 g/mol. The van der Waals surface area contributed by atoms with Crippen LogP contribution in [0.5, 0.6) is 0 Å². The van der Waals surface area contributed by atoms with Gasteiger partial charge in [0.25, 0.3) is 0 Å². The summed E-state index contributed by atoms with van der Waals surface area (Å²) in [4.78, 5) is 24.6. The van der Waals surface area contributed by atoms with Gasteiger partial charge in [0.1, 0.15) is 0 Å². The zero-order valence-electron chi connectivity index (χ0n) is 47.7. The monoisotopic (exact) mass is 998 g/mol. The molecule has 3 N–H and O–H groups in total. The third-order valence-electron chi connectivity index (χ3n) is 14.7. The third-order valence-corrected chi connectivity index (χ3v) is 14.7. The highest BCUT2D eigenvalue weighted by molar-refractivity contribution is 5.76. The average molecular weight is 999 g/mol. The first-order chi connectivity index (χ1) is 35.0. The predicted molar refractivity (Wildman–Crippen MR) is 310 cm³/mol. The Bertz CT molecular complexity index is 1150. The topological polar surface area (TPSA) is 95.9 Å². The molecule has 0 radical (unpaired) electrons. The molecule has 1 amide bonds. The van der Waals surface area contributed by atoms with Crippen LogP contribution in [0, 0.1) is 0 Å². The van der Waals surface area contributed by atoms with Gasteiger partial charge in [0.05, 0.1) is 25.4 Å². The Labute approximate surface area is 443 Å². The van der Waals surface area contributed by atoms with Crippen LogP contribution in [-0.2, 0) is 14.3 Å². The first-order valence-electron chi connectivity index (χ1n) is 31.7. The van der Waals surface area contributed by atoms with Gasteiger partial charge in [-0.25, -0.2) is 0 Å². The normalized spacial score (nSPS) is 12.8. The second kappa shape index (κ2) is 60.6. The molecule has 71 heavy (non-hydrogen) atoms. The van der Waals surface area contributed by atoms with Gasteiger partial charge in [-0.2, -0.15) is 0 Å². The quantitative estimate of drug-likeness (QED) is 0.0321. The van der Waals surface area contributed by atoms with Gasteiger partial charge in [-0.05, 0) is 83.5 Å². The van der Waals surface area contributed by atoms with E-state index < -0.39 is 12.1 Å². The van der Waals surface area contributed by atoms with E-state index >= 15 is 0 Å². The van der Waals surface area contributed by atoms with E-state index in [0.29, 0.717) is 25.9 Å². The van der Waals surface area contributed by atoms with Gasteiger partial charge in [-0.1, -0.05) is 281 Å². The van der Waals surface area contributed by atoms with Crippen molar-refractivity contribution in [2.45, 2.75) is 353 Å². The fourth-order valence-electron chi connectivity index (χ4n) is 9.78. The first kappa shape index (κ1) is 69.1. The van der Waals surface area contributed by atoms with Crippen molar-refractivity contribution >= 4 is 11.9 Å². The lowest BCUT2D eigenvalue weighted by Gasteiger charge is -2.22. The summed E-state index contributed by atoms with van der Waals surface area (Å²) in [7, 11) is 0. The molecule has 0 bridgehead atoms. The summed E-state index contributed by atoms with van der Waals surface area (Å²) in [6.45, 7) is 4.94. The van der Waals surface area contributed by atoms with Gasteiger partial charge in [0.15, 0.2) is 0 Å². The van der Waals surface area contributed by atoms with E-state index in [1.807, 2.05) is 0 Å². The number of aliphatic hydroxyl groups is 2. The molecule has 0 aromatic rings. The summed E-state index contributed by atoms with van der Waals surface area (Å²) in [5, 5.41) is 23.3. The van der Waals surface area contributed by atoms with Gasteiger partial charge >= 0.3 is 5.97 Å². The molecule has 0 spiro atoms. The Morgan fingerprint density at radius 2 is 0.704 bits per heavy atom. The van der Waals surface area contributed by atoms with Crippen molar-refractivity contribution in [3.8, 4) is 0 Å². The van der Waals surface area contributed by atoms with Crippen LogP contribution >= 0.6 is 0 Å². The lowest BCUT2D eigenvalue weighted by atomic mass is 10.0. The third kappa shape index (κ3) is 57.2. The number of hydrogen-bond donors (Lipinski definition) is 3. The molecule has 2 unspecified atom stereocenters. The van der Waals surface area contributed by atoms with Crippen molar-refractivity contribution in [1.82, 2.24) is 5.32 Å². The Kier molecular flexibility index (Phi) is 59.0. The van der Waals surface area contributed by atoms with Crippen molar-refractivity contribution in [3.05, 3.63) is 36.5 Å². The molecule has 0 saturated carbocycles. The van der Waals surface area contributed by atoms with Gasteiger partial charge < -0.3 is 20.3 Å². The van der Waals surface area contributed by atoms with E-state index in [1.165, 1.54) is 257 Å². The Balaban J connectivity index is 3.42. The number of nitrogens with one attached hydrogen (secondary N) is 1. The lowest BCUT2D eigenvalue weighted by Crippen LogP contribution is -2.45. The van der Waals surface area contributed by atoms with Crippen LogP contribution in [-0.4, -0.2) is 47.4 Å². The number of carbonyl (C=O) groups excluding carboxylic acids is 2. The second-order valence-corrected chi connectivity index (χ2v) is 21.7. The highest BCUT2D eigenvalue weighted by Gasteiger charge is 2.20. The summed E-state index contributed by atoms with van der Waals surface area (Å²) < 4.78 is 5.48. The number of ether oxygens (including phenoxy) is 1. The molecule has 0 heterocycles. The van der Waals surface area contributed by atoms with Crippen LogP contribution in [0.15, 0.2) is 36.5 Å². The number of carbonyl (C=O) groups is 2. The smallest absolute Gasteiger partial charge is 0.305 e. The SMILES string of the molecule is CCCCCC/C=C\C/C=C\CCCCCCCC(=O)OCCCCCCCCCCCCC/C=C\CCCCCCCCCC(=O)NC(CO)C(O)CCCCCCCCCCCCCCCCCC. The largest absolute Gasteiger partial charge is 0.466 e. The minimum atomic E-state index is -0.669. The minimum Gasteiger partial charge on any atom is -0.466 e. The average Bonchev–Trinajstić information content (AvgIpc) is 3.37. The zero-order chi connectivity index (χ0) is 51.4. The fraction of sp³-hybridized carbons (Fsp3) is 0.877. The van der Waals surface area contributed by atoms with E-state index in [1.54, 1.807) is 0 Å². The lowest BCUT2D eigenvalue weighted by molar-refractivity contribution is -0.143. The molecule has 0 rings (SSSR count). The number of esters is 1. The van der Waals surface area contributed by atoms with Crippen molar-refractivity contribution in [2.24, 2.45) is 0 Å². The van der Waals surface area contributed by atoms with Crippen LogP contribution in [0.3, 0.4) is 0 Å². The highest BCUT2D eigenvalue weighted by atomic mass is 16.5. The molecule has 2 atom stereocenters. The van der Waals surface area contributed by atoms with Crippen LogP contribution in [0.2, 0.25) is 0 Å². The Hall–Kier alpha value is -1.92. The highest BCUT2D eigenvalue weighted by Crippen LogP contribution is 2.17. The van der Waals surface area contributed by atoms with E-state index in [-0.39, 0.29) is 18.5 Å². The van der Waals surface area contributed by atoms with E-state index in [9.17, 15) is 19.8 Å². The zero-order valence-corrected chi connectivity index (χ0v) is 47.7. The molecule has 0 aliphatic heterocycles. The number of unbranched alkanes of at least 4 members (excludes halogenated alkanes) is 42.